The average molecular weight is 376 g/mol. The Hall–Kier alpha value is -3.48. The van der Waals surface area contributed by atoms with Gasteiger partial charge < -0.3 is 14.3 Å². The molecule has 1 aliphatic rings. The maximum absolute atomic E-state index is 12.8. The van der Waals surface area contributed by atoms with E-state index >= 15 is 0 Å². The number of aromatic nitrogens is 2. The van der Waals surface area contributed by atoms with Crippen LogP contribution < -0.4 is 0 Å². The Kier molecular flexibility index (Phi) is 4.89. The molecule has 7 nitrogen and oxygen atoms in total. The van der Waals surface area contributed by atoms with E-state index in [1.54, 1.807) is 30.4 Å². The summed E-state index contributed by atoms with van der Waals surface area (Å²) in [4.78, 5) is 32.5. The maximum atomic E-state index is 12.8. The molecule has 0 saturated carbocycles. The summed E-state index contributed by atoms with van der Waals surface area (Å²) in [7, 11) is 1.66. The standard InChI is InChI=1S/C21H20N4O3/c1-24-14-20(26)25(19(21(24)27)11-15-5-3-2-4-6-15)13-17-12-18(23-28-17)16-7-9-22-10-8-16/h2-10,12,19H,11,13-14H2,1H3/t19-/m1/s1. The lowest BCUT2D eigenvalue weighted by atomic mass is 10.0. The van der Waals surface area contributed by atoms with Crippen LogP contribution in [-0.4, -0.2) is 51.4 Å². The molecule has 2 aromatic heterocycles. The Morgan fingerprint density at radius 3 is 2.61 bits per heavy atom. The molecule has 3 heterocycles. The van der Waals surface area contributed by atoms with Gasteiger partial charge in [0.2, 0.25) is 11.8 Å². The molecule has 0 bridgehead atoms. The molecule has 1 atom stereocenters. The number of amides is 2. The van der Waals surface area contributed by atoms with Gasteiger partial charge in [0.05, 0.1) is 13.1 Å². The second-order valence-electron chi connectivity index (χ2n) is 6.84. The highest BCUT2D eigenvalue weighted by Gasteiger charge is 2.38. The van der Waals surface area contributed by atoms with Crippen molar-refractivity contribution in [1.82, 2.24) is 19.9 Å². The first kappa shape index (κ1) is 17.9. The quantitative estimate of drug-likeness (QED) is 0.682. The fraction of sp³-hybridized carbons (Fsp3) is 0.238. The zero-order valence-corrected chi connectivity index (χ0v) is 15.5. The van der Waals surface area contributed by atoms with E-state index < -0.39 is 6.04 Å². The summed E-state index contributed by atoms with van der Waals surface area (Å²) in [5.74, 6) is 0.359. The fourth-order valence-electron chi connectivity index (χ4n) is 3.38. The van der Waals surface area contributed by atoms with Gasteiger partial charge in [-0.3, -0.25) is 14.6 Å². The van der Waals surface area contributed by atoms with Crippen molar-refractivity contribution in [3.05, 3.63) is 72.2 Å². The summed E-state index contributed by atoms with van der Waals surface area (Å²) >= 11 is 0. The first-order valence-electron chi connectivity index (χ1n) is 9.06. The van der Waals surface area contributed by atoms with Crippen molar-refractivity contribution in [3.63, 3.8) is 0 Å². The first-order chi connectivity index (χ1) is 13.6. The highest BCUT2D eigenvalue weighted by atomic mass is 16.5. The van der Waals surface area contributed by atoms with Crippen molar-refractivity contribution in [3.8, 4) is 11.3 Å². The number of rotatable bonds is 5. The first-order valence-corrected chi connectivity index (χ1v) is 9.06. The molecule has 3 aromatic rings. The van der Waals surface area contributed by atoms with Crippen molar-refractivity contribution in [2.75, 3.05) is 13.6 Å². The van der Waals surface area contributed by atoms with Crippen molar-refractivity contribution in [2.45, 2.75) is 19.0 Å². The van der Waals surface area contributed by atoms with E-state index in [2.05, 4.69) is 10.1 Å². The Bertz CT molecular complexity index is 972. The molecule has 142 valence electrons. The zero-order chi connectivity index (χ0) is 19.5. The normalized spacial score (nSPS) is 17.2. The number of benzene rings is 1. The van der Waals surface area contributed by atoms with E-state index in [4.69, 9.17) is 4.52 Å². The predicted octanol–water partition coefficient (Wildman–Crippen LogP) is 2.15. The van der Waals surface area contributed by atoms with Crippen LogP contribution in [0.3, 0.4) is 0 Å². The van der Waals surface area contributed by atoms with E-state index in [0.717, 1.165) is 11.1 Å². The SMILES string of the molecule is CN1CC(=O)N(Cc2cc(-c3ccncc3)no2)[C@H](Cc2ccccc2)C1=O. The van der Waals surface area contributed by atoms with Gasteiger partial charge >= 0.3 is 0 Å². The molecule has 1 aliphatic heterocycles. The summed E-state index contributed by atoms with van der Waals surface area (Å²) < 4.78 is 5.44. The number of piperazine rings is 1. The number of pyridine rings is 1. The average Bonchev–Trinajstić information content (AvgIpc) is 3.19. The van der Waals surface area contributed by atoms with Crippen molar-refractivity contribution >= 4 is 11.8 Å². The second-order valence-corrected chi connectivity index (χ2v) is 6.84. The third kappa shape index (κ3) is 3.64. The highest BCUT2D eigenvalue weighted by molar-refractivity contribution is 5.94. The Labute approximate surface area is 162 Å². The number of nitrogens with zero attached hydrogens (tertiary/aromatic N) is 4. The van der Waals surface area contributed by atoms with Crippen LogP contribution in [-0.2, 0) is 22.6 Å². The molecule has 1 fully saturated rings. The van der Waals surface area contributed by atoms with Crippen LogP contribution in [0, 0.1) is 0 Å². The minimum absolute atomic E-state index is 0.0650. The van der Waals surface area contributed by atoms with Gasteiger partial charge in [0.15, 0.2) is 5.76 Å². The van der Waals surface area contributed by atoms with Gasteiger partial charge in [-0.25, -0.2) is 0 Å². The van der Waals surface area contributed by atoms with E-state index in [-0.39, 0.29) is 24.9 Å². The van der Waals surface area contributed by atoms with E-state index in [9.17, 15) is 9.59 Å². The van der Waals surface area contributed by atoms with Gasteiger partial charge in [-0.1, -0.05) is 35.5 Å². The fourth-order valence-corrected chi connectivity index (χ4v) is 3.38. The van der Waals surface area contributed by atoms with E-state index in [1.165, 1.54) is 4.90 Å². The highest BCUT2D eigenvalue weighted by Crippen LogP contribution is 2.23. The minimum atomic E-state index is -0.567. The summed E-state index contributed by atoms with van der Waals surface area (Å²) in [6.45, 7) is 0.267. The van der Waals surface area contributed by atoms with Crippen LogP contribution >= 0.6 is 0 Å². The van der Waals surface area contributed by atoms with Gasteiger partial charge in [0.25, 0.3) is 0 Å². The van der Waals surface area contributed by atoms with Gasteiger partial charge in [-0.15, -0.1) is 0 Å². The summed E-state index contributed by atoms with van der Waals surface area (Å²) in [6, 6.07) is 14.6. The third-order valence-electron chi connectivity index (χ3n) is 4.86. The molecular formula is C21H20N4O3. The summed E-state index contributed by atoms with van der Waals surface area (Å²) in [5.41, 5.74) is 2.56. The number of carbonyl (C=O) groups excluding carboxylic acids is 2. The molecule has 2 amide bonds. The van der Waals surface area contributed by atoms with E-state index in [0.29, 0.717) is 17.9 Å². The smallest absolute Gasteiger partial charge is 0.245 e. The molecule has 0 unspecified atom stereocenters. The number of hydrogen-bond acceptors (Lipinski definition) is 5. The van der Waals surface area contributed by atoms with Gasteiger partial charge in [-0.2, -0.15) is 0 Å². The van der Waals surface area contributed by atoms with Crippen LogP contribution in [0.5, 0.6) is 0 Å². The van der Waals surface area contributed by atoms with Gasteiger partial charge in [0, 0.05) is 37.5 Å². The molecule has 28 heavy (non-hydrogen) atoms. The number of likely N-dealkylation sites (N-methyl/N-ethyl adjacent to an activating group) is 1. The Morgan fingerprint density at radius 2 is 1.86 bits per heavy atom. The Balaban J connectivity index is 1.57. The van der Waals surface area contributed by atoms with Crippen LogP contribution in [0.1, 0.15) is 11.3 Å². The van der Waals surface area contributed by atoms with Crippen LogP contribution in [0.15, 0.2) is 65.4 Å². The molecule has 0 aliphatic carbocycles. The minimum Gasteiger partial charge on any atom is -0.359 e. The summed E-state index contributed by atoms with van der Waals surface area (Å²) in [6.07, 6.45) is 3.82. The van der Waals surface area contributed by atoms with E-state index in [1.807, 2.05) is 42.5 Å². The summed E-state index contributed by atoms with van der Waals surface area (Å²) in [5, 5.41) is 4.08. The molecule has 1 saturated heterocycles. The maximum Gasteiger partial charge on any atom is 0.245 e. The Morgan fingerprint density at radius 1 is 1.11 bits per heavy atom. The molecule has 7 heteroatoms. The molecule has 0 radical (unpaired) electrons. The third-order valence-corrected chi connectivity index (χ3v) is 4.86. The molecule has 1 aromatic carbocycles. The van der Waals surface area contributed by atoms with Crippen LogP contribution in [0.4, 0.5) is 0 Å². The monoisotopic (exact) mass is 376 g/mol. The van der Waals surface area contributed by atoms with Crippen molar-refractivity contribution < 1.29 is 14.1 Å². The zero-order valence-electron chi connectivity index (χ0n) is 15.5. The molecule has 4 rings (SSSR count). The van der Waals surface area contributed by atoms with Crippen LogP contribution in [0.25, 0.3) is 11.3 Å². The van der Waals surface area contributed by atoms with Crippen molar-refractivity contribution in [1.29, 1.82) is 0 Å². The molecule has 0 spiro atoms. The molecule has 0 N–H and O–H groups in total. The van der Waals surface area contributed by atoms with Gasteiger partial charge in [0.1, 0.15) is 11.7 Å². The largest absolute Gasteiger partial charge is 0.359 e. The lowest BCUT2D eigenvalue weighted by Gasteiger charge is -2.38. The molecular weight excluding hydrogens is 356 g/mol. The number of carbonyl (C=O) groups is 2. The van der Waals surface area contributed by atoms with Crippen molar-refractivity contribution in [2.24, 2.45) is 0 Å². The number of hydrogen-bond donors (Lipinski definition) is 0. The lowest BCUT2D eigenvalue weighted by molar-refractivity contribution is -0.155. The second kappa shape index (κ2) is 7.64. The van der Waals surface area contributed by atoms with Crippen LogP contribution in [0.2, 0.25) is 0 Å². The topological polar surface area (TPSA) is 79.5 Å². The lowest BCUT2D eigenvalue weighted by Crippen LogP contribution is -2.59. The predicted molar refractivity (Wildman–Crippen MR) is 102 cm³/mol. The van der Waals surface area contributed by atoms with Gasteiger partial charge in [-0.05, 0) is 17.7 Å².